The van der Waals surface area contributed by atoms with Crippen LogP contribution in [0.1, 0.15) is 79.8 Å². The molecule has 4 rings (SSSR count). The average Bonchev–Trinajstić information content (AvgIpc) is 2.74. The highest BCUT2D eigenvalue weighted by atomic mass is 19.1. The largest absolute Gasteiger partial charge is 0.458 e. The molecule has 30 heavy (non-hydrogen) atoms. The molecule has 2 aliphatic rings. The summed E-state index contributed by atoms with van der Waals surface area (Å²) >= 11 is 0. The summed E-state index contributed by atoms with van der Waals surface area (Å²) in [5.41, 5.74) is 3.29. The third-order valence-corrected chi connectivity index (χ3v) is 7.08. The van der Waals surface area contributed by atoms with Gasteiger partial charge in [-0.2, -0.15) is 0 Å². The summed E-state index contributed by atoms with van der Waals surface area (Å²) < 4.78 is 20.9. The second kappa shape index (κ2) is 9.32. The van der Waals surface area contributed by atoms with E-state index in [2.05, 4.69) is 6.92 Å². The number of rotatable bonds is 6. The quantitative estimate of drug-likeness (QED) is 0.470. The number of cyclic esters (lactones) is 1. The van der Waals surface area contributed by atoms with E-state index in [0.29, 0.717) is 12.0 Å². The fraction of sp³-hybridized carbons (Fsp3) is 0.519. The summed E-state index contributed by atoms with van der Waals surface area (Å²) in [4.78, 5) is 12.7. The summed E-state index contributed by atoms with van der Waals surface area (Å²) in [6.45, 7) is 4.27. The second-order valence-corrected chi connectivity index (χ2v) is 9.31. The molecule has 0 amide bonds. The minimum atomic E-state index is -0.501. The first-order valence-corrected chi connectivity index (χ1v) is 11.6. The molecule has 1 saturated carbocycles. The predicted molar refractivity (Wildman–Crippen MR) is 119 cm³/mol. The van der Waals surface area contributed by atoms with Crippen LogP contribution in [0.5, 0.6) is 0 Å². The molecule has 1 unspecified atom stereocenters. The highest BCUT2D eigenvalue weighted by molar-refractivity contribution is 5.94. The molecule has 2 nitrogen and oxygen atoms in total. The van der Waals surface area contributed by atoms with Crippen LogP contribution in [-0.2, 0) is 11.2 Å². The zero-order valence-corrected chi connectivity index (χ0v) is 18.3. The Balaban J connectivity index is 1.40. The van der Waals surface area contributed by atoms with Gasteiger partial charge in [0.2, 0.25) is 0 Å². The van der Waals surface area contributed by atoms with Crippen LogP contribution in [0, 0.1) is 24.6 Å². The molecule has 2 aromatic rings. The van der Waals surface area contributed by atoms with E-state index in [1.807, 2.05) is 43.3 Å². The van der Waals surface area contributed by atoms with E-state index in [0.717, 1.165) is 41.4 Å². The smallest absolute Gasteiger partial charge is 0.341 e. The van der Waals surface area contributed by atoms with Crippen molar-refractivity contribution < 1.29 is 13.9 Å². The Morgan fingerprint density at radius 3 is 2.27 bits per heavy atom. The van der Waals surface area contributed by atoms with Crippen LogP contribution in [0.15, 0.2) is 36.4 Å². The molecule has 1 aliphatic heterocycles. The number of ether oxygens (including phenoxy) is 1. The topological polar surface area (TPSA) is 26.3 Å². The Labute approximate surface area is 179 Å². The molecule has 0 saturated heterocycles. The van der Waals surface area contributed by atoms with Gasteiger partial charge in [-0.1, -0.05) is 87.4 Å². The van der Waals surface area contributed by atoms with Gasteiger partial charge >= 0.3 is 5.97 Å². The van der Waals surface area contributed by atoms with E-state index < -0.39 is 11.8 Å². The molecule has 0 spiro atoms. The highest BCUT2D eigenvalue weighted by Gasteiger charge is 2.31. The SMILES string of the molecule is CCCC1CCC(CCC2Cc3ccc(-c4ccc(C)cc4)c(F)c3C(=O)O2)CC1. The van der Waals surface area contributed by atoms with E-state index in [-0.39, 0.29) is 11.7 Å². The summed E-state index contributed by atoms with van der Waals surface area (Å²) in [6.07, 6.45) is 10.4. The van der Waals surface area contributed by atoms with Crippen molar-refractivity contribution in [1.82, 2.24) is 0 Å². The van der Waals surface area contributed by atoms with Crippen LogP contribution in [0.4, 0.5) is 4.39 Å². The lowest BCUT2D eigenvalue weighted by Crippen LogP contribution is -2.29. The second-order valence-electron chi connectivity index (χ2n) is 9.31. The van der Waals surface area contributed by atoms with Gasteiger partial charge in [0.15, 0.2) is 0 Å². The van der Waals surface area contributed by atoms with Gasteiger partial charge < -0.3 is 4.74 Å². The van der Waals surface area contributed by atoms with E-state index in [1.54, 1.807) is 0 Å². The Hall–Kier alpha value is -2.16. The van der Waals surface area contributed by atoms with Crippen LogP contribution < -0.4 is 0 Å². The zero-order valence-electron chi connectivity index (χ0n) is 18.3. The normalized spacial score (nSPS) is 23.7. The number of halogens is 1. The van der Waals surface area contributed by atoms with Gasteiger partial charge in [0.25, 0.3) is 0 Å². The Kier molecular flexibility index (Phi) is 6.55. The number of fused-ring (bicyclic) bond motifs is 1. The summed E-state index contributed by atoms with van der Waals surface area (Å²) in [6, 6.07) is 11.4. The summed E-state index contributed by atoms with van der Waals surface area (Å²) in [5.74, 6) is 0.712. The van der Waals surface area contributed by atoms with Crippen molar-refractivity contribution in [3.05, 3.63) is 58.9 Å². The standard InChI is InChI=1S/C27H33FO2/c1-3-4-19-7-9-20(10-8-19)11-15-23-17-22-14-16-24(21-12-5-18(2)6-13-21)26(28)25(22)27(29)30-23/h5-6,12-14,16,19-20,23H,3-4,7-11,15,17H2,1-2H3. The average molecular weight is 409 g/mol. The van der Waals surface area contributed by atoms with Gasteiger partial charge in [0.1, 0.15) is 11.9 Å². The van der Waals surface area contributed by atoms with E-state index in [4.69, 9.17) is 4.74 Å². The molecule has 1 fully saturated rings. The van der Waals surface area contributed by atoms with Crippen molar-refractivity contribution in [2.45, 2.75) is 77.7 Å². The van der Waals surface area contributed by atoms with Crippen molar-refractivity contribution in [1.29, 1.82) is 0 Å². The van der Waals surface area contributed by atoms with Gasteiger partial charge in [-0.3, -0.25) is 0 Å². The Bertz CT molecular complexity index is 878. The van der Waals surface area contributed by atoms with E-state index in [9.17, 15) is 4.79 Å². The van der Waals surface area contributed by atoms with Crippen LogP contribution in [-0.4, -0.2) is 12.1 Å². The zero-order chi connectivity index (χ0) is 21.1. The maximum atomic E-state index is 15.2. The van der Waals surface area contributed by atoms with Gasteiger partial charge in [-0.05, 0) is 42.7 Å². The molecular formula is C27H33FO2. The number of esters is 1. The Morgan fingerprint density at radius 2 is 1.60 bits per heavy atom. The van der Waals surface area contributed by atoms with Crippen molar-refractivity contribution in [3.63, 3.8) is 0 Å². The van der Waals surface area contributed by atoms with Gasteiger partial charge in [-0.15, -0.1) is 0 Å². The molecule has 3 heteroatoms. The fourth-order valence-electron chi connectivity index (χ4n) is 5.26. The van der Waals surface area contributed by atoms with Crippen LogP contribution in [0.2, 0.25) is 0 Å². The minimum Gasteiger partial charge on any atom is -0.458 e. The monoisotopic (exact) mass is 408 g/mol. The molecule has 160 valence electrons. The van der Waals surface area contributed by atoms with Crippen molar-refractivity contribution >= 4 is 5.97 Å². The lowest BCUT2D eigenvalue weighted by molar-refractivity contribution is 0.0209. The highest BCUT2D eigenvalue weighted by Crippen LogP contribution is 2.36. The number of carbonyl (C=O) groups is 1. The third kappa shape index (κ3) is 4.61. The first-order valence-electron chi connectivity index (χ1n) is 11.6. The molecule has 2 aromatic carbocycles. The van der Waals surface area contributed by atoms with Crippen molar-refractivity contribution in [2.75, 3.05) is 0 Å². The van der Waals surface area contributed by atoms with Crippen LogP contribution in [0.3, 0.4) is 0 Å². The molecule has 1 heterocycles. The van der Waals surface area contributed by atoms with E-state index in [1.165, 1.54) is 38.5 Å². The Morgan fingerprint density at radius 1 is 0.933 bits per heavy atom. The lowest BCUT2D eigenvalue weighted by atomic mass is 9.78. The molecule has 0 radical (unpaired) electrons. The van der Waals surface area contributed by atoms with Gasteiger partial charge in [0.05, 0.1) is 5.56 Å². The fourth-order valence-corrected chi connectivity index (χ4v) is 5.26. The molecule has 0 aromatic heterocycles. The third-order valence-electron chi connectivity index (χ3n) is 7.08. The molecule has 1 aliphatic carbocycles. The number of carbonyl (C=O) groups excluding carboxylic acids is 1. The van der Waals surface area contributed by atoms with Gasteiger partial charge in [0, 0.05) is 12.0 Å². The first-order chi connectivity index (χ1) is 14.5. The number of benzene rings is 2. The summed E-state index contributed by atoms with van der Waals surface area (Å²) in [7, 11) is 0. The van der Waals surface area contributed by atoms with Gasteiger partial charge in [-0.25, -0.2) is 9.18 Å². The number of aryl methyl sites for hydroxylation is 1. The molecular weight excluding hydrogens is 375 g/mol. The first kappa shape index (κ1) is 21.1. The van der Waals surface area contributed by atoms with Crippen LogP contribution in [0.25, 0.3) is 11.1 Å². The number of hydrogen-bond acceptors (Lipinski definition) is 2. The van der Waals surface area contributed by atoms with Crippen molar-refractivity contribution in [2.24, 2.45) is 11.8 Å². The number of hydrogen-bond donors (Lipinski definition) is 0. The molecule has 1 atom stereocenters. The van der Waals surface area contributed by atoms with Crippen LogP contribution >= 0.6 is 0 Å². The maximum absolute atomic E-state index is 15.2. The van der Waals surface area contributed by atoms with Crippen molar-refractivity contribution in [3.8, 4) is 11.1 Å². The molecule has 0 bridgehead atoms. The lowest BCUT2D eigenvalue weighted by Gasteiger charge is -2.30. The maximum Gasteiger partial charge on any atom is 0.341 e. The minimum absolute atomic E-state index is 0.122. The van der Waals surface area contributed by atoms with E-state index >= 15 is 4.39 Å². The molecule has 0 N–H and O–H groups in total. The summed E-state index contributed by atoms with van der Waals surface area (Å²) in [5, 5.41) is 0. The predicted octanol–water partition coefficient (Wildman–Crippen LogP) is 7.27.